The number of ketones is 1. The van der Waals surface area contributed by atoms with Crippen molar-refractivity contribution in [3.63, 3.8) is 0 Å². The Balaban J connectivity index is 4.53. The van der Waals surface area contributed by atoms with Crippen molar-refractivity contribution in [2.75, 3.05) is 0 Å². The fourth-order valence-electron chi connectivity index (χ4n) is 1.49. The summed E-state index contributed by atoms with van der Waals surface area (Å²) >= 11 is 0. The van der Waals surface area contributed by atoms with Gasteiger partial charge in [-0.25, -0.2) is 0 Å². The average molecular weight is 270 g/mol. The molecule has 0 heterocycles. The van der Waals surface area contributed by atoms with Crippen LogP contribution < -0.4 is 0 Å². The van der Waals surface area contributed by atoms with Crippen molar-refractivity contribution in [3.8, 4) is 0 Å². The van der Waals surface area contributed by atoms with E-state index in [2.05, 4.69) is 0 Å². The zero-order valence-corrected chi connectivity index (χ0v) is 13.8. The van der Waals surface area contributed by atoms with Gasteiger partial charge in [-0.2, -0.15) is 0 Å². The fourth-order valence-corrected chi connectivity index (χ4v) is 1.49. The van der Waals surface area contributed by atoms with Crippen LogP contribution in [0.3, 0.4) is 0 Å². The minimum absolute atomic E-state index is 0.182. The maximum absolute atomic E-state index is 11.9. The Morgan fingerprint density at radius 1 is 0.947 bits per heavy atom. The molecule has 3 heteroatoms. The molecule has 0 N–H and O–H groups in total. The van der Waals surface area contributed by atoms with Gasteiger partial charge in [0.1, 0.15) is 11.9 Å². The summed E-state index contributed by atoms with van der Waals surface area (Å²) in [6, 6.07) is 0. The lowest BCUT2D eigenvalue weighted by atomic mass is 9.86. The maximum Gasteiger partial charge on any atom is 0.311 e. The number of rotatable bonds is 5. The van der Waals surface area contributed by atoms with Gasteiger partial charge in [0.25, 0.3) is 0 Å². The van der Waals surface area contributed by atoms with E-state index in [0.717, 1.165) is 0 Å². The van der Waals surface area contributed by atoms with Gasteiger partial charge in [0, 0.05) is 11.8 Å². The van der Waals surface area contributed by atoms with Gasteiger partial charge in [-0.3, -0.25) is 9.59 Å². The summed E-state index contributed by atoms with van der Waals surface area (Å²) in [6.45, 7) is 15.3. The Kier molecular flexibility index (Phi) is 6.24. The van der Waals surface area contributed by atoms with E-state index in [1.165, 1.54) is 0 Å². The molecule has 3 nitrogen and oxygen atoms in total. The summed E-state index contributed by atoms with van der Waals surface area (Å²) < 4.78 is 5.55. The van der Waals surface area contributed by atoms with Gasteiger partial charge in [-0.05, 0) is 33.1 Å². The van der Waals surface area contributed by atoms with E-state index >= 15 is 0 Å². The lowest BCUT2D eigenvalue weighted by Gasteiger charge is -2.26. The summed E-state index contributed by atoms with van der Waals surface area (Å²) in [5.41, 5.74) is -0.823. The van der Waals surface area contributed by atoms with Crippen LogP contribution in [0, 0.1) is 16.7 Å². The van der Waals surface area contributed by atoms with Crippen LogP contribution in [0.2, 0.25) is 0 Å². The van der Waals surface area contributed by atoms with E-state index in [1.54, 1.807) is 0 Å². The second-order valence-electron chi connectivity index (χ2n) is 7.65. The van der Waals surface area contributed by atoms with Crippen LogP contribution in [-0.2, 0) is 14.3 Å². The minimum Gasteiger partial charge on any atom is -0.462 e. The molecular formula is C16H30O3. The molecule has 0 aliphatic carbocycles. The summed E-state index contributed by atoms with van der Waals surface area (Å²) in [6.07, 6.45) is 0.886. The zero-order chi connectivity index (χ0) is 15.4. The number of esters is 1. The van der Waals surface area contributed by atoms with Crippen molar-refractivity contribution >= 4 is 11.8 Å². The molecule has 0 radical (unpaired) electrons. The Hall–Kier alpha value is -0.860. The molecule has 0 bridgehead atoms. The molecule has 1 atom stereocenters. The third-order valence-electron chi connectivity index (χ3n) is 3.11. The highest BCUT2D eigenvalue weighted by molar-refractivity contribution is 5.83. The molecule has 0 aliphatic heterocycles. The standard InChI is InChI=1S/C16H30O3/c1-11(2)12(19-14(18)16(6,7)8)9-10-13(17)15(3,4)5/h11-12H,9-10H2,1-8H3. The third-order valence-corrected chi connectivity index (χ3v) is 3.11. The minimum atomic E-state index is -0.499. The Morgan fingerprint density at radius 2 is 1.42 bits per heavy atom. The SMILES string of the molecule is CC(C)C(CCC(=O)C(C)(C)C)OC(=O)C(C)(C)C. The molecule has 0 aliphatic rings. The van der Waals surface area contributed by atoms with Crippen LogP contribution >= 0.6 is 0 Å². The highest BCUT2D eigenvalue weighted by Gasteiger charge is 2.29. The summed E-state index contributed by atoms with van der Waals surface area (Å²) in [5, 5.41) is 0. The number of hydrogen-bond acceptors (Lipinski definition) is 3. The van der Waals surface area contributed by atoms with Gasteiger partial charge in [0.2, 0.25) is 0 Å². The van der Waals surface area contributed by atoms with Crippen LogP contribution in [0.25, 0.3) is 0 Å². The van der Waals surface area contributed by atoms with Gasteiger partial charge < -0.3 is 4.74 Å². The molecule has 0 spiro atoms. The van der Waals surface area contributed by atoms with Gasteiger partial charge in [-0.15, -0.1) is 0 Å². The van der Waals surface area contributed by atoms with E-state index in [9.17, 15) is 9.59 Å². The van der Waals surface area contributed by atoms with Gasteiger partial charge >= 0.3 is 5.97 Å². The first-order valence-corrected chi connectivity index (χ1v) is 7.10. The lowest BCUT2D eigenvalue weighted by Crippen LogP contribution is -2.32. The molecule has 19 heavy (non-hydrogen) atoms. The summed E-state index contributed by atoms with van der Waals surface area (Å²) in [7, 11) is 0. The highest BCUT2D eigenvalue weighted by Crippen LogP contribution is 2.24. The molecule has 0 saturated carbocycles. The molecule has 0 rings (SSSR count). The molecule has 0 aromatic heterocycles. The summed E-state index contributed by atoms with van der Waals surface area (Å²) in [5.74, 6) is 0.235. The fraction of sp³-hybridized carbons (Fsp3) is 0.875. The average Bonchev–Trinajstić information content (AvgIpc) is 2.19. The zero-order valence-electron chi connectivity index (χ0n) is 13.8. The van der Waals surface area contributed by atoms with Crippen LogP contribution in [0.1, 0.15) is 68.2 Å². The smallest absolute Gasteiger partial charge is 0.311 e. The van der Waals surface area contributed by atoms with E-state index in [-0.39, 0.29) is 29.2 Å². The number of carbonyl (C=O) groups excluding carboxylic acids is 2. The van der Waals surface area contributed by atoms with Crippen LogP contribution in [0.4, 0.5) is 0 Å². The quantitative estimate of drug-likeness (QED) is 0.709. The predicted molar refractivity (Wildman–Crippen MR) is 77.9 cm³/mol. The van der Waals surface area contributed by atoms with E-state index in [1.807, 2.05) is 55.4 Å². The highest BCUT2D eigenvalue weighted by atomic mass is 16.5. The Bertz CT molecular complexity index is 316. The molecule has 0 aromatic carbocycles. The monoisotopic (exact) mass is 270 g/mol. The topological polar surface area (TPSA) is 43.4 Å². The van der Waals surface area contributed by atoms with Crippen LogP contribution in [-0.4, -0.2) is 17.9 Å². The number of hydrogen-bond donors (Lipinski definition) is 0. The molecular weight excluding hydrogens is 240 g/mol. The molecule has 0 fully saturated rings. The second kappa shape index (κ2) is 6.53. The molecule has 112 valence electrons. The number of carbonyl (C=O) groups is 2. The normalized spacial score (nSPS) is 14.4. The Morgan fingerprint density at radius 3 is 1.74 bits per heavy atom. The van der Waals surface area contributed by atoms with Crippen LogP contribution in [0.15, 0.2) is 0 Å². The summed E-state index contributed by atoms with van der Waals surface area (Å²) in [4.78, 5) is 23.8. The van der Waals surface area contributed by atoms with Crippen molar-refractivity contribution in [1.29, 1.82) is 0 Å². The van der Waals surface area contributed by atoms with E-state index < -0.39 is 5.41 Å². The molecule has 0 aromatic rings. The number of Topliss-reactive ketones (excluding diaryl/α,β-unsaturated/α-hetero) is 1. The maximum atomic E-state index is 11.9. The van der Waals surface area contributed by atoms with Crippen molar-refractivity contribution in [1.82, 2.24) is 0 Å². The predicted octanol–water partition coefficient (Wildman–Crippen LogP) is 4.00. The van der Waals surface area contributed by atoms with Crippen LogP contribution in [0.5, 0.6) is 0 Å². The molecule has 0 amide bonds. The van der Waals surface area contributed by atoms with Crippen molar-refractivity contribution in [2.45, 2.75) is 74.3 Å². The lowest BCUT2D eigenvalue weighted by molar-refractivity contribution is -0.161. The first kappa shape index (κ1) is 18.1. The van der Waals surface area contributed by atoms with Gasteiger partial charge in [-0.1, -0.05) is 34.6 Å². The molecule has 1 unspecified atom stereocenters. The van der Waals surface area contributed by atoms with E-state index in [0.29, 0.717) is 12.8 Å². The Labute approximate surface area is 118 Å². The first-order chi connectivity index (χ1) is 8.35. The third kappa shape index (κ3) is 6.74. The number of ether oxygens (including phenoxy) is 1. The van der Waals surface area contributed by atoms with Gasteiger partial charge in [0.15, 0.2) is 0 Å². The van der Waals surface area contributed by atoms with Crippen molar-refractivity contribution in [3.05, 3.63) is 0 Å². The van der Waals surface area contributed by atoms with Gasteiger partial charge in [0.05, 0.1) is 5.41 Å². The van der Waals surface area contributed by atoms with Crippen molar-refractivity contribution < 1.29 is 14.3 Å². The van der Waals surface area contributed by atoms with E-state index in [4.69, 9.17) is 4.74 Å². The first-order valence-electron chi connectivity index (χ1n) is 7.10. The van der Waals surface area contributed by atoms with Crippen molar-refractivity contribution in [2.24, 2.45) is 16.7 Å². The largest absolute Gasteiger partial charge is 0.462 e. The second-order valence-corrected chi connectivity index (χ2v) is 7.65. The molecule has 0 saturated heterocycles.